The Morgan fingerprint density at radius 1 is 0.933 bits per heavy atom. The predicted molar refractivity (Wildman–Crippen MR) is 117 cm³/mol. The lowest BCUT2D eigenvalue weighted by molar-refractivity contribution is -0.151. The van der Waals surface area contributed by atoms with Gasteiger partial charge in [-0.2, -0.15) is 0 Å². The van der Waals surface area contributed by atoms with Gasteiger partial charge in [0.25, 0.3) is 5.91 Å². The van der Waals surface area contributed by atoms with E-state index in [4.69, 9.17) is 4.74 Å². The van der Waals surface area contributed by atoms with Crippen LogP contribution in [-0.4, -0.2) is 30.9 Å². The van der Waals surface area contributed by atoms with E-state index in [0.717, 1.165) is 29.7 Å². The van der Waals surface area contributed by atoms with E-state index in [1.807, 2.05) is 75.4 Å². The molecule has 0 aliphatic rings. The number of anilines is 1. The molecule has 0 aromatic heterocycles. The van der Waals surface area contributed by atoms with Crippen molar-refractivity contribution in [3.63, 3.8) is 0 Å². The van der Waals surface area contributed by atoms with E-state index >= 15 is 0 Å². The Morgan fingerprint density at radius 2 is 1.60 bits per heavy atom. The highest BCUT2D eigenvalue weighted by Crippen LogP contribution is 2.28. The molecule has 0 spiro atoms. The Kier molecular flexibility index (Phi) is 9.06. The number of carbonyl (C=O) groups is 3. The number of esters is 1. The monoisotopic (exact) mass is 410 g/mol. The summed E-state index contributed by atoms with van der Waals surface area (Å²) in [4.78, 5) is 36.8. The lowest BCUT2D eigenvalue weighted by atomic mass is 9.86. The quantitative estimate of drug-likeness (QED) is 0.585. The Morgan fingerprint density at radius 3 is 2.27 bits per heavy atom. The van der Waals surface area contributed by atoms with Gasteiger partial charge >= 0.3 is 5.97 Å². The number of ether oxygens (including phenoxy) is 1. The first-order valence-corrected chi connectivity index (χ1v) is 10.3. The summed E-state index contributed by atoms with van der Waals surface area (Å²) in [6.07, 6.45) is 1.60. The minimum Gasteiger partial charge on any atom is -0.455 e. The molecule has 0 fully saturated rings. The molecule has 0 unspecified atom stereocenters. The third-order valence-corrected chi connectivity index (χ3v) is 5.09. The summed E-state index contributed by atoms with van der Waals surface area (Å²) in [5.74, 6) is -1.65. The number of nitrogens with one attached hydrogen (secondary N) is 2. The molecule has 0 aliphatic carbocycles. The lowest BCUT2D eigenvalue weighted by Crippen LogP contribution is -2.36. The number of carbonyl (C=O) groups excluding carboxylic acids is 3. The number of aryl methyl sites for hydroxylation is 1. The molecule has 6 nitrogen and oxygen atoms in total. The molecule has 2 aromatic rings. The van der Waals surface area contributed by atoms with Crippen molar-refractivity contribution in [3.8, 4) is 0 Å². The van der Waals surface area contributed by atoms with E-state index in [9.17, 15) is 14.4 Å². The average molecular weight is 411 g/mol. The molecule has 0 aliphatic heterocycles. The van der Waals surface area contributed by atoms with E-state index in [2.05, 4.69) is 10.6 Å². The number of hydrogen-bond acceptors (Lipinski definition) is 4. The predicted octanol–water partition coefficient (Wildman–Crippen LogP) is 3.68. The molecule has 0 radical (unpaired) electrons. The fraction of sp³-hybridized carbons (Fsp3) is 0.375. The first-order valence-electron chi connectivity index (χ1n) is 10.3. The second kappa shape index (κ2) is 11.8. The summed E-state index contributed by atoms with van der Waals surface area (Å²) in [7, 11) is 0. The van der Waals surface area contributed by atoms with Gasteiger partial charge in [-0.15, -0.1) is 0 Å². The molecule has 160 valence electrons. The van der Waals surface area contributed by atoms with Gasteiger partial charge in [0.05, 0.1) is 12.5 Å². The van der Waals surface area contributed by atoms with Gasteiger partial charge in [0.2, 0.25) is 5.91 Å². The van der Waals surface area contributed by atoms with Crippen molar-refractivity contribution in [1.29, 1.82) is 0 Å². The van der Waals surface area contributed by atoms with Crippen LogP contribution in [0.1, 0.15) is 44.2 Å². The number of benzene rings is 2. The highest BCUT2D eigenvalue weighted by molar-refractivity contribution is 5.95. The normalized spacial score (nSPS) is 12.5. The smallest absolute Gasteiger partial charge is 0.314 e. The zero-order valence-corrected chi connectivity index (χ0v) is 17.8. The van der Waals surface area contributed by atoms with Gasteiger partial charge in [-0.05, 0) is 29.5 Å². The fourth-order valence-electron chi connectivity index (χ4n) is 3.19. The van der Waals surface area contributed by atoms with Crippen LogP contribution in [0.2, 0.25) is 0 Å². The lowest BCUT2D eigenvalue weighted by Gasteiger charge is -2.21. The fourth-order valence-corrected chi connectivity index (χ4v) is 3.19. The molecule has 0 heterocycles. The molecule has 2 atom stereocenters. The maximum atomic E-state index is 12.6. The second-order valence-electron chi connectivity index (χ2n) is 7.22. The van der Waals surface area contributed by atoms with E-state index in [0.29, 0.717) is 0 Å². The summed E-state index contributed by atoms with van der Waals surface area (Å²) in [5.41, 5.74) is 2.61. The highest BCUT2D eigenvalue weighted by atomic mass is 16.5. The minimum absolute atomic E-state index is 0.0763. The van der Waals surface area contributed by atoms with Gasteiger partial charge in [-0.25, -0.2) is 0 Å². The molecule has 30 heavy (non-hydrogen) atoms. The van der Waals surface area contributed by atoms with Crippen LogP contribution in [0, 0.1) is 5.92 Å². The SMILES string of the molecule is CCc1ccccc1NC(=O)CNC(=O)COC(=O)[C@@H](c1ccccc1)[C@H](C)CC. The second-order valence-corrected chi connectivity index (χ2v) is 7.22. The van der Waals surface area contributed by atoms with Gasteiger partial charge in [-0.1, -0.05) is 75.7 Å². The summed E-state index contributed by atoms with van der Waals surface area (Å²) in [6.45, 7) is 5.38. The molecule has 2 amide bonds. The number of hydrogen-bond donors (Lipinski definition) is 2. The molecular formula is C24H30N2O4. The molecule has 2 N–H and O–H groups in total. The van der Waals surface area contributed by atoms with Crippen LogP contribution in [0.15, 0.2) is 54.6 Å². The van der Waals surface area contributed by atoms with Gasteiger partial charge in [0, 0.05) is 5.69 Å². The van der Waals surface area contributed by atoms with Crippen molar-refractivity contribution in [1.82, 2.24) is 5.32 Å². The first-order chi connectivity index (χ1) is 14.5. The number of para-hydroxylation sites is 1. The summed E-state index contributed by atoms with van der Waals surface area (Å²) in [5, 5.41) is 5.27. The Balaban J connectivity index is 1.84. The van der Waals surface area contributed by atoms with Gasteiger partial charge in [0.1, 0.15) is 0 Å². The van der Waals surface area contributed by atoms with E-state index < -0.39 is 24.4 Å². The molecule has 2 rings (SSSR count). The molecule has 0 bridgehead atoms. The average Bonchev–Trinajstić information content (AvgIpc) is 2.77. The summed E-state index contributed by atoms with van der Waals surface area (Å²) < 4.78 is 5.25. The number of amides is 2. The minimum atomic E-state index is -0.516. The highest BCUT2D eigenvalue weighted by Gasteiger charge is 2.27. The molecule has 2 aromatic carbocycles. The van der Waals surface area contributed by atoms with Crippen LogP contribution in [0.5, 0.6) is 0 Å². The molecular weight excluding hydrogens is 380 g/mol. The van der Waals surface area contributed by atoms with E-state index in [1.165, 1.54) is 0 Å². The van der Waals surface area contributed by atoms with Gasteiger partial charge in [-0.3, -0.25) is 14.4 Å². The largest absolute Gasteiger partial charge is 0.455 e. The van der Waals surface area contributed by atoms with Crippen molar-refractivity contribution in [3.05, 3.63) is 65.7 Å². The standard InChI is InChI=1S/C24H30N2O4/c1-4-17(3)23(19-12-7-6-8-13-19)24(29)30-16-22(28)25-15-21(27)26-20-14-10-9-11-18(20)5-2/h6-14,17,23H,4-5,15-16H2,1-3H3,(H,25,28)(H,26,27)/t17-,23-/m1/s1. The Hall–Kier alpha value is -3.15. The van der Waals surface area contributed by atoms with Crippen LogP contribution in [0.3, 0.4) is 0 Å². The van der Waals surface area contributed by atoms with E-state index in [1.54, 1.807) is 0 Å². The van der Waals surface area contributed by atoms with Gasteiger partial charge < -0.3 is 15.4 Å². The van der Waals surface area contributed by atoms with Crippen LogP contribution in [0.4, 0.5) is 5.69 Å². The van der Waals surface area contributed by atoms with Crippen LogP contribution >= 0.6 is 0 Å². The van der Waals surface area contributed by atoms with Crippen molar-refractivity contribution < 1.29 is 19.1 Å². The van der Waals surface area contributed by atoms with Crippen molar-refractivity contribution in [2.75, 3.05) is 18.5 Å². The zero-order chi connectivity index (χ0) is 21.9. The third kappa shape index (κ3) is 6.72. The topological polar surface area (TPSA) is 84.5 Å². The van der Waals surface area contributed by atoms with Crippen molar-refractivity contribution in [2.45, 2.75) is 39.5 Å². The van der Waals surface area contributed by atoms with Crippen LogP contribution < -0.4 is 10.6 Å². The third-order valence-electron chi connectivity index (χ3n) is 5.09. The van der Waals surface area contributed by atoms with Crippen molar-refractivity contribution >= 4 is 23.5 Å². The van der Waals surface area contributed by atoms with Gasteiger partial charge in [0.15, 0.2) is 6.61 Å². The Bertz CT molecular complexity index is 851. The summed E-state index contributed by atoms with van der Waals surface area (Å²) >= 11 is 0. The van der Waals surface area contributed by atoms with Crippen molar-refractivity contribution in [2.24, 2.45) is 5.92 Å². The van der Waals surface area contributed by atoms with Crippen LogP contribution in [0.25, 0.3) is 0 Å². The summed E-state index contributed by atoms with van der Waals surface area (Å²) in [6, 6.07) is 16.9. The molecule has 0 saturated carbocycles. The molecule has 0 saturated heterocycles. The van der Waals surface area contributed by atoms with Crippen LogP contribution in [-0.2, 0) is 25.5 Å². The maximum absolute atomic E-state index is 12.6. The maximum Gasteiger partial charge on any atom is 0.314 e. The first kappa shape index (κ1) is 23.1. The van der Waals surface area contributed by atoms with E-state index in [-0.39, 0.29) is 18.4 Å². The Labute approximate surface area is 178 Å². The zero-order valence-electron chi connectivity index (χ0n) is 17.8. The molecule has 6 heteroatoms. The number of rotatable bonds is 10.